The Morgan fingerprint density at radius 3 is 2.83 bits per heavy atom. The Hall–Kier alpha value is -1.51. The minimum Gasteiger partial charge on any atom is -0.491 e. The molecule has 0 radical (unpaired) electrons. The molecule has 18 heavy (non-hydrogen) atoms. The molecule has 0 bridgehead atoms. The number of para-hydroxylation sites is 1. The molecule has 0 aromatic heterocycles. The maximum atomic E-state index is 11.9. The molecule has 0 saturated heterocycles. The van der Waals surface area contributed by atoms with E-state index in [0.29, 0.717) is 13.0 Å². The monoisotopic (exact) mass is 247 g/mol. The average Bonchev–Trinajstić information content (AvgIpc) is 2.26. The van der Waals surface area contributed by atoms with Crippen molar-refractivity contribution in [2.24, 2.45) is 5.41 Å². The number of ether oxygens (including phenoxy) is 1. The zero-order chi connectivity index (χ0) is 13.2. The van der Waals surface area contributed by atoms with Crippen molar-refractivity contribution >= 4 is 5.91 Å². The van der Waals surface area contributed by atoms with Crippen molar-refractivity contribution in [3.63, 3.8) is 0 Å². The van der Waals surface area contributed by atoms with E-state index in [1.165, 1.54) is 5.56 Å². The fourth-order valence-electron chi connectivity index (χ4n) is 2.18. The van der Waals surface area contributed by atoms with Crippen molar-refractivity contribution in [3.05, 3.63) is 29.8 Å². The highest BCUT2D eigenvalue weighted by Crippen LogP contribution is 2.24. The van der Waals surface area contributed by atoms with E-state index < -0.39 is 0 Å². The lowest BCUT2D eigenvalue weighted by molar-refractivity contribution is -0.123. The van der Waals surface area contributed by atoms with Gasteiger partial charge in [-0.15, -0.1) is 0 Å². The lowest BCUT2D eigenvalue weighted by Gasteiger charge is -2.27. The van der Waals surface area contributed by atoms with E-state index in [-0.39, 0.29) is 17.4 Å². The van der Waals surface area contributed by atoms with Gasteiger partial charge in [0.15, 0.2) is 0 Å². The van der Waals surface area contributed by atoms with Crippen molar-refractivity contribution in [1.29, 1.82) is 0 Å². The molecule has 1 aliphatic rings. The summed E-state index contributed by atoms with van der Waals surface area (Å²) in [5.74, 6) is 1.05. The summed E-state index contributed by atoms with van der Waals surface area (Å²) in [5.41, 5.74) is 1.20. The first-order chi connectivity index (χ1) is 8.44. The minimum atomic E-state index is 0.0253. The SMILES string of the molecule is CC(C)(C)CC(=O)NC1COc2ccccc2C1. The molecule has 1 aromatic carbocycles. The molecule has 1 N–H and O–H groups in total. The topological polar surface area (TPSA) is 38.3 Å². The van der Waals surface area contributed by atoms with Crippen LogP contribution in [0.25, 0.3) is 0 Å². The Balaban J connectivity index is 1.92. The van der Waals surface area contributed by atoms with Gasteiger partial charge in [-0.05, 0) is 23.5 Å². The summed E-state index contributed by atoms with van der Waals surface area (Å²) in [5, 5.41) is 3.05. The van der Waals surface area contributed by atoms with Gasteiger partial charge in [0, 0.05) is 6.42 Å². The number of hydrogen-bond acceptors (Lipinski definition) is 2. The van der Waals surface area contributed by atoms with Gasteiger partial charge in [-0.25, -0.2) is 0 Å². The second-order valence-corrected chi connectivity index (χ2v) is 6.12. The number of hydrogen-bond donors (Lipinski definition) is 1. The molecular weight excluding hydrogens is 226 g/mol. The van der Waals surface area contributed by atoms with Gasteiger partial charge in [-0.1, -0.05) is 39.0 Å². The molecule has 0 spiro atoms. The molecule has 1 aromatic rings. The predicted molar refractivity (Wildman–Crippen MR) is 71.6 cm³/mol. The first-order valence-electron chi connectivity index (χ1n) is 6.44. The van der Waals surface area contributed by atoms with Crippen LogP contribution < -0.4 is 10.1 Å². The molecule has 3 heteroatoms. The largest absolute Gasteiger partial charge is 0.491 e. The van der Waals surface area contributed by atoms with Crippen molar-refractivity contribution in [2.45, 2.75) is 39.7 Å². The van der Waals surface area contributed by atoms with Crippen LogP contribution >= 0.6 is 0 Å². The van der Waals surface area contributed by atoms with Crippen LogP contribution in [0.15, 0.2) is 24.3 Å². The van der Waals surface area contributed by atoms with E-state index in [1.807, 2.05) is 18.2 Å². The Bertz CT molecular complexity index is 434. The van der Waals surface area contributed by atoms with Crippen molar-refractivity contribution in [2.75, 3.05) is 6.61 Å². The Kier molecular flexibility index (Phi) is 3.60. The molecule has 0 aliphatic carbocycles. The van der Waals surface area contributed by atoms with Gasteiger partial charge >= 0.3 is 0 Å². The van der Waals surface area contributed by atoms with E-state index in [4.69, 9.17) is 4.74 Å². The van der Waals surface area contributed by atoms with Crippen molar-refractivity contribution in [1.82, 2.24) is 5.32 Å². The molecule has 0 fully saturated rings. The van der Waals surface area contributed by atoms with Crippen molar-refractivity contribution in [3.8, 4) is 5.75 Å². The number of carbonyl (C=O) groups is 1. The van der Waals surface area contributed by atoms with Crippen LogP contribution in [0.1, 0.15) is 32.8 Å². The Morgan fingerprint density at radius 2 is 2.11 bits per heavy atom. The van der Waals surface area contributed by atoms with Crippen LogP contribution in [0.5, 0.6) is 5.75 Å². The van der Waals surface area contributed by atoms with Crippen molar-refractivity contribution < 1.29 is 9.53 Å². The molecular formula is C15H21NO2. The third-order valence-corrected chi connectivity index (χ3v) is 2.93. The van der Waals surface area contributed by atoms with Gasteiger partial charge < -0.3 is 10.1 Å². The maximum Gasteiger partial charge on any atom is 0.220 e. The number of fused-ring (bicyclic) bond motifs is 1. The van der Waals surface area contributed by atoms with Gasteiger partial charge in [0.25, 0.3) is 0 Å². The van der Waals surface area contributed by atoms with Crippen LogP contribution in [0.2, 0.25) is 0 Å². The van der Waals surface area contributed by atoms with E-state index in [9.17, 15) is 4.79 Å². The molecule has 98 valence electrons. The van der Waals surface area contributed by atoms with Crippen LogP contribution in [0.4, 0.5) is 0 Å². The van der Waals surface area contributed by atoms with Crippen LogP contribution in [0.3, 0.4) is 0 Å². The molecule has 0 saturated carbocycles. The molecule has 1 atom stereocenters. The van der Waals surface area contributed by atoms with Crippen LogP contribution in [0, 0.1) is 5.41 Å². The lowest BCUT2D eigenvalue weighted by atomic mass is 9.91. The quantitative estimate of drug-likeness (QED) is 0.872. The number of rotatable bonds is 2. The summed E-state index contributed by atoms with van der Waals surface area (Å²) in [6.07, 6.45) is 1.40. The normalized spacial score (nSPS) is 18.7. The number of carbonyl (C=O) groups excluding carboxylic acids is 1. The third kappa shape index (κ3) is 3.49. The fourth-order valence-corrected chi connectivity index (χ4v) is 2.18. The zero-order valence-corrected chi connectivity index (χ0v) is 11.3. The predicted octanol–water partition coefficient (Wildman–Crippen LogP) is 2.54. The minimum absolute atomic E-state index is 0.0253. The molecule has 1 unspecified atom stereocenters. The molecule has 1 amide bonds. The third-order valence-electron chi connectivity index (χ3n) is 2.93. The Labute approximate surface area is 109 Å². The van der Waals surface area contributed by atoms with Crippen LogP contribution in [-0.4, -0.2) is 18.6 Å². The first-order valence-corrected chi connectivity index (χ1v) is 6.44. The summed E-state index contributed by atoms with van der Waals surface area (Å²) >= 11 is 0. The molecule has 1 heterocycles. The number of amides is 1. The van der Waals surface area contributed by atoms with Gasteiger partial charge in [-0.3, -0.25) is 4.79 Å². The Morgan fingerprint density at radius 1 is 1.39 bits per heavy atom. The zero-order valence-electron chi connectivity index (χ0n) is 11.3. The van der Waals surface area contributed by atoms with Gasteiger partial charge in [0.1, 0.15) is 12.4 Å². The summed E-state index contributed by atoms with van der Waals surface area (Å²) in [6, 6.07) is 8.09. The average molecular weight is 247 g/mol. The second-order valence-electron chi connectivity index (χ2n) is 6.12. The highest BCUT2D eigenvalue weighted by molar-refractivity contribution is 5.77. The standard InChI is InChI=1S/C15H21NO2/c1-15(2,3)9-14(17)16-12-8-11-6-4-5-7-13(11)18-10-12/h4-7,12H,8-10H2,1-3H3,(H,16,17). The van der Waals surface area contributed by atoms with E-state index in [1.54, 1.807) is 0 Å². The summed E-state index contributed by atoms with van der Waals surface area (Å²) in [4.78, 5) is 11.9. The fraction of sp³-hybridized carbons (Fsp3) is 0.533. The van der Waals surface area contributed by atoms with Gasteiger partial charge in [-0.2, -0.15) is 0 Å². The number of benzene rings is 1. The van der Waals surface area contributed by atoms with E-state index in [0.717, 1.165) is 12.2 Å². The first kappa shape index (κ1) is 12.9. The summed E-state index contributed by atoms with van der Waals surface area (Å²) in [6.45, 7) is 6.77. The second kappa shape index (κ2) is 5.01. The van der Waals surface area contributed by atoms with Crippen LogP contribution in [-0.2, 0) is 11.2 Å². The van der Waals surface area contributed by atoms with E-state index in [2.05, 4.69) is 32.2 Å². The smallest absolute Gasteiger partial charge is 0.220 e. The number of nitrogens with one attached hydrogen (secondary N) is 1. The van der Waals surface area contributed by atoms with Gasteiger partial charge in [0.05, 0.1) is 6.04 Å². The summed E-state index contributed by atoms with van der Waals surface area (Å²) < 4.78 is 5.65. The lowest BCUT2D eigenvalue weighted by Crippen LogP contribution is -2.43. The highest BCUT2D eigenvalue weighted by atomic mass is 16.5. The maximum absolute atomic E-state index is 11.9. The molecule has 2 rings (SSSR count). The van der Waals surface area contributed by atoms with Gasteiger partial charge in [0.2, 0.25) is 5.91 Å². The van der Waals surface area contributed by atoms with E-state index >= 15 is 0 Å². The highest BCUT2D eigenvalue weighted by Gasteiger charge is 2.23. The molecule has 3 nitrogen and oxygen atoms in total. The molecule has 1 aliphatic heterocycles. The summed E-state index contributed by atoms with van der Waals surface area (Å²) in [7, 11) is 0.